The van der Waals surface area contributed by atoms with Crippen LogP contribution in [0, 0.1) is 0 Å². The van der Waals surface area contributed by atoms with Crippen molar-refractivity contribution in [2.45, 2.75) is 158 Å². The molecule has 0 aliphatic rings. The molecule has 4 heterocycles. The monoisotopic (exact) mass is 950 g/mol. The van der Waals surface area contributed by atoms with Gasteiger partial charge < -0.3 is 29.2 Å². The van der Waals surface area contributed by atoms with Gasteiger partial charge in [-0.25, -0.2) is 19.2 Å². The predicted octanol–water partition coefficient (Wildman–Crippen LogP) is 13.7. The Kier molecular flexibility index (Phi) is 26.5. The van der Waals surface area contributed by atoms with Crippen molar-refractivity contribution in [2.24, 2.45) is 0 Å². The molecule has 4 rings (SSSR count). The maximum atomic E-state index is 13.0. The summed E-state index contributed by atoms with van der Waals surface area (Å²) in [6.07, 6.45) is 3.65. The summed E-state index contributed by atoms with van der Waals surface area (Å²) >= 11 is 6.45. The molecule has 0 radical (unpaired) electrons. The Morgan fingerprint density at radius 1 is 0.587 bits per heavy atom. The Morgan fingerprint density at radius 2 is 0.968 bits per heavy atom. The van der Waals surface area contributed by atoms with Gasteiger partial charge in [0.15, 0.2) is 0 Å². The van der Waals surface area contributed by atoms with Gasteiger partial charge in [0.2, 0.25) is 0 Å². The quantitative estimate of drug-likeness (QED) is 0.0868. The Morgan fingerprint density at radius 3 is 1.32 bits per heavy atom. The number of amides is 4. The summed E-state index contributed by atoms with van der Waals surface area (Å²) in [5, 5.41) is 10.8. The second kappa shape index (κ2) is 29.3. The van der Waals surface area contributed by atoms with Crippen LogP contribution in [0.1, 0.15) is 128 Å². The van der Waals surface area contributed by atoms with E-state index in [1.165, 1.54) is 0 Å². The number of alkyl carbamates (subject to hydrolysis) is 1. The van der Waals surface area contributed by atoms with Crippen molar-refractivity contribution in [2.75, 3.05) is 20.3 Å². The smallest absolute Gasteiger partial charge is 0.410 e. The van der Waals surface area contributed by atoms with E-state index in [1.807, 2.05) is 112 Å². The average Bonchev–Trinajstić information content (AvgIpc) is 4.04. The first-order valence-electron chi connectivity index (χ1n) is 20.8. The van der Waals surface area contributed by atoms with Crippen LogP contribution in [-0.4, -0.2) is 82.6 Å². The lowest BCUT2D eigenvalue weighted by molar-refractivity contribution is 0.0101. The second-order valence-electron chi connectivity index (χ2n) is 16.6. The predicted molar refractivity (Wildman–Crippen MR) is 262 cm³/mol. The van der Waals surface area contributed by atoms with E-state index in [9.17, 15) is 19.2 Å². The molecule has 12 nitrogen and oxygen atoms in total. The summed E-state index contributed by atoms with van der Waals surface area (Å²) in [5.74, 6) is 0. The molecule has 1 N–H and O–H groups in total. The van der Waals surface area contributed by atoms with Gasteiger partial charge in [0, 0.05) is 26.6 Å². The molecule has 2 atom stereocenters. The SMILES string of the molecule is C.C.CCCC[C@@H](COC(=O)N(Cc1cccs1)Cc1cccs1)N(C)C(=O)OC(C)(C)C.CCCC[C@@H](COC(=O)N(Cc1cccs1)Cc1cccs1)NC(=O)OC(C)(C)C. The third-order valence-electron chi connectivity index (χ3n) is 8.78. The average molecular weight is 951 g/mol. The zero-order valence-corrected chi connectivity index (χ0v) is 40.6. The molecule has 0 bridgehead atoms. The van der Waals surface area contributed by atoms with E-state index in [2.05, 4.69) is 19.2 Å². The highest BCUT2D eigenvalue weighted by Gasteiger charge is 2.28. The number of rotatable bonds is 20. The van der Waals surface area contributed by atoms with Gasteiger partial charge in [0.1, 0.15) is 24.4 Å². The minimum Gasteiger partial charge on any atom is -0.447 e. The Labute approximate surface area is 393 Å². The van der Waals surface area contributed by atoms with Crippen molar-refractivity contribution in [3.05, 3.63) is 89.6 Å². The largest absolute Gasteiger partial charge is 0.447 e. The van der Waals surface area contributed by atoms with Gasteiger partial charge in [0.25, 0.3) is 0 Å². The molecule has 0 fully saturated rings. The Bertz CT molecular complexity index is 1730. The van der Waals surface area contributed by atoms with Gasteiger partial charge in [0.05, 0.1) is 38.3 Å². The fourth-order valence-electron chi connectivity index (χ4n) is 5.69. The molecule has 16 heteroatoms. The van der Waals surface area contributed by atoms with Crippen LogP contribution >= 0.6 is 45.3 Å². The van der Waals surface area contributed by atoms with Crippen LogP contribution in [0.4, 0.5) is 19.2 Å². The maximum Gasteiger partial charge on any atom is 0.410 e. The molecular formula is C47H74N4O8S4. The molecular weight excluding hydrogens is 877 g/mol. The van der Waals surface area contributed by atoms with Gasteiger partial charge in [-0.3, -0.25) is 9.80 Å². The first-order chi connectivity index (χ1) is 29.0. The number of unbranched alkanes of at least 4 members (excludes halogenated alkanes) is 2. The Hall–Kier alpha value is -4.12. The first-order valence-corrected chi connectivity index (χ1v) is 24.4. The van der Waals surface area contributed by atoms with Crippen LogP contribution in [0.2, 0.25) is 0 Å². The number of carbonyl (C=O) groups excluding carboxylic acids is 4. The molecule has 0 saturated carbocycles. The number of likely N-dealkylation sites (N-methyl/N-ethyl adjacent to an activating group) is 1. The Balaban J connectivity index is 0.000000611. The van der Waals surface area contributed by atoms with Gasteiger partial charge in [-0.05, 0) is 100 Å². The van der Waals surface area contributed by atoms with E-state index in [1.54, 1.807) is 67.1 Å². The summed E-state index contributed by atoms with van der Waals surface area (Å²) in [5.41, 5.74) is -1.15. The molecule has 63 heavy (non-hydrogen) atoms. The number of carbonyl (C=O) groups is 4. The summed E-state index contributed by atoms with van der Waals surface area (Å²) < 4.78 is 22.2. The highest BCUT2D eigenvalue weighted by Crippen LogP contribution is 2.21. The number of ether oxygens (including phenoxy) is 4. The standard InChI is InChI=1S/C23H34N2O4S2.C22H32N2O4S2.2CH4/c1-6-7-10-18(24(5)21(26)29-23(2,3)4)17-28-22(27)25(15-19-11-8-13-30-19)16-20-12-9-14-31-20;1-5-6-9-17(23-20(25)28-22(2,3)4)16-27-21(26)24(14-18-10-7-12-29-18)15-19-11-8-13-30-19;;/h8-9,11-14,18H,6-7,10,15-17H2,1-5H3;7-8,10-13,17H,5-6,9,14-16H2,1-4H3,(H,23,25);2*1H4/t18-;17-;;/m00../s1. The molecule has 4 aromatic heterocycles. The molecule has 0 aromatic carbocycles. The highest BCUT2D eigenvalue weighted by molar-refractivity contribution is 7.10. The van der Waals surface area contributed by atoms with Crippen LogP contribution < -0.4 is 5.32 Å². The molecule has 4 aromatic rings. The van der Waals surface area contributed by atoms with Crippen molar-refractivity contribution in [3.63, 3.8) is 0 Å². The molecule has 0 aliphatic heterocycles. The van der Waals surface area contributed by atoms with Crippen molar-refractivity contribution in [1.82, 2.24) is 20.0 Å². The van der Waals surface area contributed by atoms with E-state index >= 15 is 0 Å². The van der Waals surface area contributed by atoms with Crippen LogP contribution in [0.5, 0.6) is 0 Å². The molecule has 0 unspecified atom stereocenters. The van der Waals surface area contributed by atoms with Crippen molar-refractivity contribution < 1.29 is 38.1 Å². The second-order valence-corrected chi connectivity index (χ2v) is 20.7. The lowest BCUT2D eigenvalue weighted by Crippen LogP contribution is -2.44. The maximum absolute atomic E-state index is 13.0. The lowest BCUT2D eigenvalue weighted by Gasteiger charge is -2.31. The molecule has 4 amide bonds. The molecule has 0 aliphatic carbocycles. The normalized spacial score (nSPS) is 11.9. The fraction of sp³-hybridized carbons (Fsp3) is 0.574. The fourth-order valence-corrected chi connectivity index (χ4v) is 8.57. The zero-order valence-electron chi connectivity index (χ0n) is 37.3. The summed E-state index contributed by atoms with van der Waals surface area (Å²) in [7, 11) is 1.71. The third-order valence-corrected chi connectivity index (χ3v) is 12.2. The van der Waals surface area contributed by atoms with Gasteiger partial charge >= 0.3 is 24.4 Å². The third kappa shape index (κ3) is 23.4. The molecule has 0 spiro atoms. The number of hydrogen-bond acceptors (Lipinski definition) is 12. The van der Waals surface area contributed by atoms with E-state index < -0.39 is 23.4 Å². The van der Waals surface area contributed by atoms with Gasteiger partial charge in [-0.2, -0.15) is 0 Å². The first kappa shape index (κ1) is 56.9. The van der Waals surface area contributed by atoms with E-state index in [0.717, 1.165) is 58.0 Å². The topological polar surface area (TPSA) is 127 Å². The van der Waals surface area contributed by atoms with Crippen LogP contribution in [0.3, 0.4) is 0 Å². The summed E-state index contributed by atoms with van der Waals surface area (Å²) in [6.45, 7) is 17.4. The van der Waals surface area contributed by atoms with Crippen LogP contribution in [-0.2, 0) is 45.1 Å². The van der Waals surface area contributed by atoms with Crippen molar-refractivity contribution in [3.8, 4) is 0 Å². The van der Waals surface area contributed by atoms with E-state index in [0.29, 0.717) is 26.2 Å². The van der Waals surface area contributed by atoms with Crippen molar-refractivity contribution in [1.29, 1.82) is 0 Å². The minimum absolute atomic E-state index is 0. The number of hydrogen-bond donors (Lipinski definition) is 1. The van der Waals surface area contributed by atoms with Gasteiger partial charge in [-0.15, -0.1) is 45.3 Å². The van der Waals surface area contributed by atoms with Crippen molar-refractivity contribution >= 4 is 69.7 Å². The zero-order chi connectivity index (χ0) is 44.8. The summed E-state index contributed by atoms with van der Waals surface area (Å²) in [4.78, 5) is 59.9. The minimum atomic E-state index is -0.575. The molecule has 354 valence electrons. The van der Waals surface area contributed by atoms with Gasteiger partial charge in [-0.1, -0.05) is 78.6 Å². The molecule has 0 saturated heterocycles. The van der Waals surface area contributed by atoms with E-state index in [-0.39, 0.29) is 52.3 Å². The lowest BCUT2D eigenvalue weighted by atomic mass is 10.1. The van der Waals surface area contributed by atoms with Crippen LogP contribution in [0.15, 0.2) is 70.1 Å². The van der Waals surface area contributed by atoms with Crippen LogP contribution in [0.25, 0.3) is 0 Å². The number of thiophene rings is 4. The number of nitrogens with one attached hydrogen (secondary N) is 1. The highest BCUT2D eigenvalue weighted by atomic mass is 32.1. The van der Waals surface area contributed by atoms with E-state index in [4.69, 9.17) is 18.9 Å². The summed E-state index contributed by atoms with van der Waals surface area (Å²) in [6, 6.07) is 15.4. The number of nitrogens with zero attached hydrogens (tertiary/aromatic N) is 3.